The molecule has 0 spiro atoms. The smallest absolute Gasteiger partial charge is 0.336 e. The highest BCUT2D eigenvalue weighted by Gasteiger charge is 2.17. The lowest BCUT2D eigenvalue weighted by atomic mass is 10.4. The second-order valence-electron chi connectivity index (χ2n) is 6.48. The second-order valence-corrected chi connectivity index (χ2v) is 6.48. The molecule has 0 N–H and O–H groups in total. The van der Waals surface area contributed by atoms with Gasteiger partial charge in [-0.3, -0.25) is 4.79 Å². The van der Waals surface area contributed by atoms with Crippen LogP contribution in [0.4, 0.5) is 0 Å². The van der Waals surface area contributed by atoms with Gasteiger partial charge in [-0.05, 0) is 13.8 Å². The number of hydrogen-bond donors (Lipinski definition) is 0. The Labute approximate surface area is 176 Å². The SMILES string of the molecule is C=C(C)C(=O)OCCn1c(=O)n(CCOC(C)=O)c(=O)n(CCOC(=O)C(=C)C)c1=O. The fourth-order valence-electron chi connectivity index (χ4n) is 2.24. The lowest BCUT2D eigenvalue weighted by molar-refractivity contribution is -0.141. The Hall–Kier alpha value is -3.70. The van der Waals surface area contributed by atoms with E-state index >= 15 is 0 Å². The zero-order valence-corrected chi connectivity index (χ0v) is 17.7. The van der Waals surface area contributed by atoms with Crippen molar-refractivity contribution in [3.63, 3.8) is 0 Å². The van der Waals surface area contributed by atoms with Crippen LogP contribution in [-0.2, 0) is 48.2 Å². The molecule has 31 heavy (non-hydrogen) atoms. The Morgan fingerprint density at radius 1 is 0.645 bits per heavy atom. The minimum absolute atomic E-state index is 0.135. The fraction of sp³-hybridized carbons (Fsp3) is 0.474. The van der Waals surface area contributed by atoms with Gasteiger partial charge >= 0.3 is 35.0 Å². The van der Waals surface area contributed by atoms with Crippen LogP contribution in [0.1, 0.15) is 20.8 Å². The topological polar surface area (TPSA) is 145 Å². The van der Waals surface area contributed by atoms with Crippen LogP contribution in [0.5, 0.6) is 0 Å². The summed E-state index contributed by atoms with van der Waals surface area (Å²) in [6.07, 6.45) is 0. The van der Waals surface area contributed by atoms with E-state index in [-0.39, 0.29) is 50.6 Å². The van der Waals surface area contributed by atoms with E-state index in [2.05, 4.69) is 13.2 Å². The second kappa shape index (κ2) is 11.5. The highest BCUT2D eigenvalue weighted by molar-refractivity contribution is 5.87. The summed E-state index contributed by atoms with van der Waals surface area (Å²) < 4.78 is 16.6. The molecule has 0 unspecified atom stereocenters. The van der Waals surface area contributed by atoms with E-state index in [1.54, 1.807) is 0 Å². The highest BCUT2D eigenvalue weighted by atomic mass is 16.5. The first kappa shape index (κ1) is 25.3. The van der Waals surface area contributed by atoms with Crippen molar-refractivity contribution in [2.24, 2.45) is 0 Å². The zero-order chi connectivity index (χ0) is 23.7. The van der Waals surface area contributed by atoms with Gasteiger partial charge in [0.1, 0.15) is 19.8 Å². The highest BCUT2D eigenvalue weighted by Crippen LogP contribution is 1.93. The zero-order valence-electron chi connectivity index (χ0n) is 17.7. The molecule has 1 rings (SSSR count). The molecule has 1 heterocycles. The maximum atomic E-state index is 12.7. The van der Waals surface area contributed by atoms with Gasteiger partial charge in [0.25, 0.3) is 0 Å². The molecule has 0 aromatic carbocycles. The van der Waals surface area contributed by atoms with Gasteiger partial charge in [-0.15, -0.1) is 0 Å². The van der Waals surface area contributed by atoms with Crippen LogP contribution < -0.4 is 17.1 Å². The van der Waals surface area contributed by atoms with Crippen molar-refractivity contribution in [2.45, 2.75) is 40.4 Å². The third kappa shape index (κ3) is 7.24. The summed E-state index contributed by atoms with van der Waals surface area (Å²) in [6.45, 7) is 8.95. The van der Waals surface area contributed by atoms with E-state index in [4.69, 9.17) is 14.2 Å². The molecule has 0 fully saturated rings. The van der Waals surface area contributed by atoms with Gasteiger partial charge in [0.2, 0.25) is 0 Å². The summed E-state index contributed by atoms with van der Waals surface area (Å²) in [4.78, 5) is 71.9. The Kier molecular flexibility index (Phi) is 9.38. The number of rotatable bonds is 11. The average Bonchev–Trinajstić information content (AvgIpc) is 2.68. The van der Waals surface area contributed by atoms with E-state index < -0.39 is 35.0 Å². The fourth-order valence-corrected chi connectivity index (χ4v) is 2.24. The average molecular weight is 439 g/mol. The summed E-state index contributed by atoms with van der Waals surface area (Å²) in [5.41, 5.74) is -2.64. The first-order valence-corrected chi connectivity index (χ1v) is 9.20. The third-order valence-corrected chi connectivity index (χ3v) is 3.80. The largest absolute Gasteiger partial charge is 0.464 e. The standard InChI is InChI=1S/C19H25N3O9/c1-12(2)15(24)30-10-7-21-17(26)20(6-9-29-14(5)23)18(27)22(19(21)28)8-11-31-16(25)13(3)4/h1,3,6-11H2,2,4-5H3. The predicted octanol–water partition coefficient (Wildman–Crippen LogP) is -1.03. The number of aromatic nitrogens is 3. The summed E-state index contributed by atoms with van der Waals surface area (Å²) in [7, 11) is 0. The Morgan fingerprint density at radius 2 is 0.935 bits per heavy atom. The Morgan fingerprint density at radius 3 is 1.19 bits per heavy atom. The molecule has 0 saturated heterocycles. The number of carbonyl (C=O) groups excluding carboxylic acids is 3. The van der Waals surface area contributed by atoms with Crippen molar-refractivity contribution in [1.29, 1.82) is 0 Å². The molecule has 170 valence electrons. The summed E-state index contributed by atoms with van der Waals surface area (Å²) in [5.74, 6) is -2.02. The monoisotopic (exact) mass is 439 g/mol. The third-order valence-electron chi connectivity index (χ3n) is 3.80. The quantitative estimate of drug-likeness (QED) is 0.240. The first-order valence-electron chi connectivity index (χ1n) is 9.20. The van der Waals surface area contributed by atoms with Crippen LogP contribution in [0.3, 0.4) is 0 Å². The summed E-state index contributed by atoms with van der Waals surface area (Å²) >= 11 is 0. The number of esters is 3. The van der Waals surface area contributed by atoms with Gasteiger partial charge in [0.15, 0.2) is 0 Å². The molecule has 0 atom stereocenters. The first-order chi connectivity index (χ1) is 14.5. The lowest BCUT2D eigenvalue weighted by Crippen LogP contribution is -2.55. The molecular weight excluding hydrogens is 414 g/mol. The van der Waals surface area contributed by atoms with Gasteiger partial charge in [-0.1, -0.05) is 13.2 Å². The van der Waals surface area contributed by atoms with Crippen LogP contribution in [0.2, 0.25) is 0 Å². The number of ether oxygens (including phenoxy) is 3. The molecule has 0 saturated carbocycles. The van der Waals surface area contributed by atoms with Crippen molar-refractivity contribution in [3.8, 4) is 0 Å². The molecule has 0 aliphatic carbocycles. The van der Waals surface area contributed by atoms with Crippen molar-refractivity contribution in [3.05, 3.63) is 55.8 Å². The predicted molar refractivity (Wildman–Crippen MR) is 107 cm³/mol. The van der Waals surface area contributed by atoms with Gasteiger partial charge in [0, 0.05) is 18.1 Å². The van der Waals surface area contributed by atoms with Crippen LogP contribution >= 0.6 is 0 Å². The number of nitrogens with zero attached hydrogens (tertiary/aromatic N) is 3. The minimum Gasteiger partial charge on any atom is -0.464 e. The van der Waals surface area contributed by atoms with Crippen LogP contribution in [-0.4, -0.2) is 51.4 Å². The van der Waals surface area contributed by atoms with Crippen LogP contribution in [0.25, 0.3) is 0 Å². The van der Waals surface area contributed by atoms with E-state index in [1.807, 2.05) is 0 Å². The van der Waals surface area contributed by atoms with Gasteiger partial charge in [0.05, 0.1) is 19.6 Å². The molecule has 1 aromatic rings. The molecule has 1 aromatic heterocycles. The Balaban J connectivity index is 3.23. The summed E-state index contributed by atoms with van der Waals surface area (Å²) in [6, 6.07) is 0. The molecule has 0 amide bonds. The number of hydrogen-bond acceptors (Lipinski definition) is 9. The van der Waals surface area contributed by atoms with E-state index in [1.165, 1.54) is 13.8 Å². The molecule has 0 radical (unpaired) electrons. The van der Waals surface area contributed by atoms with Crippen LogP contribution in [0, 0.1) is 0 Å². The van der Waals surface area contributed by atoms with Crippen molar-refractivity contribution in [1.82, 2.24) is 13.7 Å². The maximum Gasteiger partial charge on any atom is 0.336 e. The summed E-state index contributed by atoms with van der Waals surface area (Å²) in [5, 5.41) is 0. The normalized spacial score (nSPS) is 10.3. The maximum absolute atomic E-state index is 12.7. The molecule has 12 nitrogen and oxygen atoms in total. The molecule has 0 bridgehead atoms. The number of carbonyl (C=O) groups is 3. The van der Waals surface area contributed by atoms with Crippen molar-refractivity contribution >= 4 is 17.9 Å². The van der Waals surface area contributed by atoms with Crippen molar-refractivity contribution < 1.29 is 28.6 Å². The Bertz CT molecular complexity index is 989. The van der Waals surface area contributed by atoms with Gasteiger partial charge in [-0.2, -0.15) is 0 Å². The molecule has 12 heteroatoms. The van der Waals surface area contributed by atoms with E-state index in [0.29, 0.717) is 13.7 Å². The van der Waals surface area contributed by atoms with Crippen molar-refractivity contribution in [2.75, 3.05) is 19.8 Å². The van der Waals surface area contributed by atoms with E-state index in [0.717, 1.165) is 6.92 Å². The van der Waals surface area contributed by atoms with Crippen LogP contribution in [0.15, 0.2) is 38.7 Å². The lowest BCUT2D eigenvalue weighted by Gasteiger charge is -2.14. The van der Waals surface area contributed by atoms with E-state index in [9.17, 15) is 28.8 Å². The molecule has 0 aliphatic heterocycles. The van der Waals surface area contributed by atoms with Gasteiger partial charge in [-0.25, -0.2) is 37.7 Å². The molecule has 0 aliphatic rings. The molecular formula is C19H25N3O9. The minimum atomic E-state index is -0.975. The van der Waals surface area contributed by atoms with Gasteiger partial charge < -0.3 is 14.2 Å².